The highest BCUT2D eigenvalue weighted by Gasteiger charge is 2.43. The number of nitrogens with zero attached hydrogens (tertiary/aromatic N) is 1. The van der Waals surface area contributed by atoms with Gasteiger partial charge in [-0.05, 0) is 44.1 Å². The van der Waals surface area contributed by atoms with Crippen LogP contribution in [0.1, 0.15) is 54.9 Å². The fourth-order valence-corrected chi connectivity index (χ4v) is 4.36. The molecule has 1 N–H and O–H groups in total. The minimum Gasteiger partial charge on any atom is -0.456 e. The van der Waals surface area contributed by atoms with Gasteiger partial charge in [0.1, 0.15) is 18.4 Å². The third-order valence-corrected chi connectivity index (χ3v) is 11.1. The second-order valence-corrected chi connectivity index (χ2v) is 15.0. The Bertz CT molecular complexity index is 1110. The lowest BCUT2D eigenvalue weighted by atomic mass is 10.1. The van der Waals surface area contributed by atoms with Crippen molar-refractivity contribution in [1.82, 2.24) is 9.55 Å². The maximum absolute atomic E-state index is 12.8. The summed E-state index contributed by atoms with van der Waals surface area (Å²) in [5.41, 5.74) is 0.890. The van der Waals surface area contributed by atoms with Crippen LogP contribution in [0.3, 0.4) is 0 Å². The quantitative estimate of drug-likeness (QED) is 0.506. The lowest BCUT2D eigenvalue weighted by molar-refractivity contribution is -0.0498. The third-order valence-electron chi connectivity index (χ3n) is 6.60. The van der Waals surface area contributed by atoms with Crippen LogP contribution in [-0.4, -0.2) is 42.7 Å². The first kappa shape index (κ1) is 25.1. The molecule has 0 bridgehead atoms. The smallest absolute Gasteiger partial charge is 0.338 e. The molecule has 1 aliphatic rings. The van der Waals surface area contributed by atoms with Gasteiger partial charge in [-0.25, -0.2) is 9.59 Å². The Kier molecular flexibility index (Phi) is 7.16. The van der Waals surface area contributed by atoms with Gasteiger partial charge in [0.05, 0.1) is 12.2 Å². The lowest BCUT2D eigenvalue weighted by Crippen LogP contribution is -2.44. The van der Waals surface area contributed by atoms with Crippen molar-refractivity contribution in [3.05, 3.63) is 68.0 Å². The Morgan fingerprint density at radius 1 is 1.18 bits per heavy atom. The van der Waals surface area contributed by atoms with Crippen LogP contribution >= 0.6 is 0 Å². The Morgan fingerprint density at radius 2 is 1.82 bits per heavy atom. The predicted molar refractivity (Wildman–Crippen MR) is 128 cm³/mol. The van der Waals surface area contributed by atoms with Crippen LogP contribution in [0.5, 0.6) is 0 Å². The molecule has 0 aliphatic carbocycles. The van der Waals surface area contributed by atoms with E-state index in [9.17, 15) is 14.4 Å². The highest BCUT2D eigenvalue weighted by atomic mass is 28.4. The van der Waals surface area contributed by atoms with Crippen LogP contribution in [0.25, 0.3) is 0 Å². The van der Waals surface area contributed by atoms with Crippen molar-refractivity contribution < 1.29 is 18.7 Å². The van der Waals surface area contributed by atoms with Crippen molar-refractivity contribution in [1.29, 1.82) is 0 Å². The van der Waals surface area contributed by atoms with Gasteiger partial charge in [0.25, 0.3) is 5.56 Å². The fourth-order valence-electron chi connectivity index (χ4n) is 3.35. The topological polar surface area (TPSA) is 99.6 Å². The summed E-state index contributed by atoms with van der Waals surface area (Å²) >= 11 is 0. The van der Waals surface area contributed by atoms with E-state index in [1.54, 1.807) is 19.1 Å². The molecule has 33 heavy (non-hydrogen) atoms. The maximum Gasteiger partial charge on any atom is 0.338 e. The number of esters is 1. The summed E-state index contributed by atoms with van der Waals surface area (Å²) in [7, 11) is -2.08. The molecule has 3 atom stereocenters. The first-order chi connectivity index (χ1) is 15.3. The van der Waals surface area contributed by atoms with E-state index in [0.717, 1.165) is 5.56 Å². The molecular weight excluding hydrogens is 440 g/mol. The number of aromatic amines is 1. The Hall–Kier alpha value is -2.49. The fraction of sp³-hybridized carbons (Fsp3) is 0.542. The van der Waals surface area contributed by atoms with E-state index in [1.165, 1.54) is 10.8 Å². The molecule has 9 heteroatoms. The molecule has 1 aliphatic heterocycles. The van der Waals surface area contributed by atoms with Crippen LogP contribution in [0.2, 0.25) is 18.1 Å². The highest BCUT2D eigenvalue weighted by Crippen LogP contribution is 2.38. The Morgan fingerprint density at radius 3 is 2.42 bits per heavy atom. The van der Waals surface area contributed by atoms with E-state index in [2.05, 4.69) is 38.8 Å². The van der Waals surface area contributed by atoms with Gasteiger partial charge in [0, 0.05) is 18.2 Å². The van der Waals surface area contributed by atoms with Crippen LogP contribution in [-0.2, 0) is 13.9 Å². The average Bonchev–Trinajstić information content (AvgIpc) is 3.11. The summed E-state index contributed by atoms with van der Waals surface area (Å²) in [6.07, 6.45) is -0.0849. The number of hydrogen-bond donors (Lipinski definition) is 1. The molecule has 1 fully saturated rings. The molecule has 8 nitrogen and oxygen atoms in total. The molecule has 1 aromatic carbocycles. The number of carbonyl (C=O) groups is 1. The third kappa shape index (κ3) is 5.71. The number of aryl methyl sites for hydroxylation is 2. The molecule has 0 spiro atoms. The van der Waals surface area contributed by atoms with E-state index < -0.39 is 44.0 Å². The first-order valence-corrected chi connectivity index (χ1v) is 14.1. The number of H-pyrrole nitrogens is 1. The number of aromatic nitrogens is 2. The number of rotatable bonds is 6. The zero-order valence-corrected chi connectivity index (χ0v) is 21.4. The van der Waals surface area contributed by atoms with Gasteiger partial charge in [-0.15, -0.1) is 0 Å². The van der Waals surface area contributed by atoms with Gasteiger partial charge in [-0.3, -0.25) is 14.3 Å². The minimum atomic E-state index is -2.08. The molecular formula is C24H34N2O6Si. The van der Waals surface area contributed by atoms with E-state index in [0.29, 0.717) is 11.1 Å². The van der Waals surface area contributed by atoms with Crippen molar-refractivity contribution >= 4 is 14.3 Å². The van der Waals surface area contributed by atoms with Crippen molar-refractivity contribution in [3.8, 4) is 0 Å². The SMILES string of the molecule is Cc1ccc(C(=O)O[C@H]2C[C@H](n3cc(C)c(=O)[nH]c3=O)O[C@@H]2CO[Si](C)(C)C(C)(C)C)cc1. The molecule has 1 aromatic heterocycles. The van der Waals surface area contributed by atoms with Gasteiger partial charge >= 0.3 is 11.7 Å². The lowest BCUT2D eigenvalue weighted by Gasteiger charge is -2.37. The minimum absolute atomic E-state index is 0.00600. The standard InChI is InChI=1S/C24H34N2O6Si/c1-15-8-10-17(11-9-15)22(28)32-18-12-20(26-13-16(2)21(27)25-23(26)29)31-19(18)14-30-33(6,7)24(3,4)5/h8-11,13,18-20H,12,14H2,1-7H3,(H,25,27,29)/t18-,19+,20+/m0/s1. The molecule has 0 amide bonds. The van der Waals surface area contributed by atoms with Gasteiger partial charge < -0.3 is 13.9 Å². The van der Waals surface area contributed by atoms with E-state index in [1.807, 2.05) is 19.1 Å². The number of nitrogens with one attached hydrogen (secondary N) is 1. The predicted octanol–water partition coefficient (Wildman–Crippen LogP) is 3.69. The number of ether oxygens (including phenoxy) is 2. The van der Waals surface area contributed by atoms with Gasteiger partial charge in [-0.2, -0.15) is 0 Å². The summed E-state index contributed by atoms with van der Waals surface area (Å²) < 4.78 is 19.7. The average molecular weight is 475 g/mol. The molecule has 0 unspecified atom stereocenters. The molecule has 180 valence electrons. The number of benzene rings is 1. The van der Waals surface area contributed by atoms with E-state index in [4.69, 9.17) is 13.9 Å². The van der Waals surface area contributed by atoms with E-state index in [-0.39, 0.29) is 18.1 Å². The van der Waals surface area contributed by atoms with Gasteiger partial charge in [0.15, 0.2) is 8.32 Å². The monoisotopic (exact) mass is 474 g/mol. The summed E-state index contributed by atoms with van der Waals surface area (Å²) in [6.45, 7) is 14.5. The zero-order valence-electron chi connectivity index (χ0n) is 20.4. The molecule has 1 saturated heterocycles. The van der Waals surface area contributed by atoms with Crippen molar-refractivity contribution in [3.63, 3.8) is 0 Å². The molecule has 3 rings (SSSR count). The summed E-state index contributed by atoms with van der Waals surface area (Å²) in [5.74, 6) is -0.452. The number of hydrogen-bond acceptors (Lipinski definition) is 6. The van der Waals surface area contributed by atoms with Gasteiger partial charge in [0.2, 0.25) is 0 Å². The molecule has 2 aromatic rings. The maximum atomic E-state index is 12.8. The van der Waals surface area contributed by atoms with Crippen LogP contribution < -0.4 is 11.2 Å². The van der Waals surface area contributed by atoms with Crippen LogP contribution in [0.15, 0.2) is 40.1 Å². The largest absolute Gasteiger partial charge is 0.456 e. The second kappa shape index (κ2) is 9.40. The molecule has 2 heterocycles. The molecule has 0 radical (unpaired) electrons. The Balaban J connectivity index is 1.84. The van der Waals surface area contributed by atoms with Crippen molar-refractivity contribution in [2.45, 2.75) is 77.6 Å². The van der Waals surface area contributed by atoms with Crippen LogP contribution in [0, 0.1) is 13.8 Å². The number of carbonyl (C=O) groups excluding carboxylic acids is 1. The summed E-state index contributed by atoms with van der Waals surface area (Å²) in [6, 6.07) is 7.15. The Labute approximate surface area is 195 Å². The zero-order chi connectivity index (χ0) is 24.6. The van der Waals surface area contributed by atoms with Gasteiger partial charge in [-0.1, -0.05) is 38.5 Å². The van der Waals surface area contributed by atoms with Crippen LogP contribution in [0.4, 0.5) is 0 Å². The summed E-state index contributed by atoms with van der Waals surface area (Å²) in [4.78, 5) is 39.3. The molecule has 0 saturated carbocycles. The second-order valence-electron chi connectivity index (χ2n) is 10.2. The first-order valence-electron chi connectivity index (χ1n) is 11.2. The summed E-state index contributed by atoms with van der Waals surface area (Å²) in [5, 5.41) is 0.00600. The normalized spacial score (nSPS) is 21.2. The van der Waals surface area contributed by atoms with Crippen molar-refractivity contribution in [2.75, 3.05) is 6.61 Å². The van der Waals surface area contributed by atoms with E-state index >= 15 is 0 Å². The highest BCUT2D eigenvalue weighted by molar-refractivity contribution is 6.74. The van der Waals surface area contributed by atoms with Crippen molar-refractivity contribution in [2.24, 2.45) is 0 Å².